The molecule has 5 heteroatoms. The molecular weight excluding hydrogens is 201 g/mol. The van der Waals surface area contributed by atoms with Gasteiger partial charge in [-0.05, 0) is 12.1 Å². The van der Waals surface area contributed by atoms with Gasteiger partial charge in [0.25, 0.3) is 0 Å². The fourth-order valence-electron chi connectivity index (χ4n) is 0.896. The molecule has 0 N–H and O–H groups in total. The van der Waals surface area contributed by atoms with Crippen molar-refractivity contribution in [2.75, 3.05) is 5.94 Å². The van der Waals surface area contributed by atoms with E-state index in [-0.39, 0.29) is 11.7 Å². The minimum Gasteiger partial charge on any atom is -0.483 e. The third-order valence-corrected chi connectivity index (χ3v) is 1.54. The van der Waals surface area contributed by atoms with Crippen LogP contribution in [0.2, 0.25) is 0 Å². The van der Waals surface area contributed by atoms with Gasteiger partial charge in [-0.25, -0.2) is 0 Å². The molecule has 0 aliphatic carbocycles. The van der Waals surface area contributed by atoms with Crippen molar-refractivity contribution in [3.63, 3.8) is 0 Å². The van der Waals surface area contributed by atoms with Gasteiger partial charge in [-0.2, -0.15) is 13.2 Å². The number of ether oxygens (including phenoxy) is 1. The van der Waals surface area contributed by atoms with Gasteiger partial charge in [0.05, 0.1) is 5.56 Å². The van der Waals surface area contributed by atoms with Crippen LogP contribution in [0.1, 0.15) is 5.56 Å². The molecule has 0 amide bonds. The Morgan fingerprint density at radius 3 is 2.38 bits per heavy atom. The summed E-state index contributed by atoms with van der Waals surface area (Å²) in [7, 11) is 0. The zero-order chi connectivity index (χ0) is 9.90. The van der Waals surface area contributed by atoms with E-state index in [1.807, 2.05) is 0 Å². The maximum Gasteiger partial charge on any atom is 0.419 e. The number of rotatable bonds is 2. The average Bonchev–Trinajstić information content (AvgIpc) is 2.04. The van der Waals surface area contributed by atoms with Crippen molar-refractivity contribution in [3.05, 3.63) is 29.8 Å². The molecule has 0 fully saturated rings. The van der Waals surface area contributed by atoms with Crippen LogP contribution in [0.5, 0.6) is 5.75 Å². The average molecular weight is 208 g/mol. The molecule has 0 unspecified atom stereocenters. The van der Waals surface area contributed by atoms with Gasteiger partial charge in [0.15, 0.2) is 0 Å². The standard InChI is InChI=1S/C8H7F3OS/c9-8(10,11)6-3-1-2-4-7(6)12-5-13/h1-4,13H,5H2. The Labute approximate surface area is 78.9 Å². The third-order valence-electron chi connectivity index (χ3n) is 1.41. The van der Waals surface area contributed by atoms with Crippen molar-refractivity contribution in [1.29, 1.82) is 0 Å². The summed E-state index contributed by atoms with van der Waals surface area (Å²) in [6, 6.07) is 5.03. The van der Waals surface area contributed by atoms with E-state index in [9.17, 15) is 13.2 Å². The Balaban J connectivity index is 3.05. The minimum atomic E-state index is -4.38. The van der Waals surface area contributed by atoms with Crippen LogP contribution in [-0.4, -0.2) is 5.94 Å². The summed E-state index contributed by atoms with van der Waals surface area (Å²) in [6.45, 7) is 0. The molecule has 13 heavy (non-hydrogen) atoms. The van der Waals surface area contributed by atoms with Crippen LogP contribution < -0.4 is 4.74 Å². The first kappa shape index (κ1) is 10.2. The third kappa shape index (κ3) is 2.55. The maximum atomic E-state index is 12.3. The van der Waals surface area contributed by atoms with E-state index in [4.69, 9.17) is 4.74 Å². The topological polar surface area (TPSA) is 9.23 Å². The molecule has 0 radical (unpaired) electrons. The predicted molar refractivity (Wildman–Crippen MR) is 45.9 cm³/mol. The van der Waals surface area contributed by atoms with Gasteiger partial charge in [0, 0.05) is 0 Å². The highest BCUT2D eigenvalue weighted by molar-refractivity contribution is 7.80. The Kier molecular flexibility index (Phi) is 3.08. The van der Waals surface area contributed by atoms with Crippen LogP contribution in [0.25, 0.3) is 0 Å². The molecule has 1 nitrogen and oxygen atoms in total. The predicted octanol–water partition coefficient (Wildman–Crippen LogP) is 2.97. The van der Waals surface area contributed by atoms with E-state index >= 15 is 0 Å². The number of thiol groups is 1. The van der Waals surface area contributed by atoms with Gasteiger partial charge in [-0.1, -0.05) is 12.1 Å². The lowest BCUT2D eigenvalue weighted by Crippen LogP contribution is -2.07. The van der Waals surface area contributed by atoms with Crippen molar-refractivity contribution in [2.24, 2.45) is 0 Å². The summed E-state index contributed by atoms with van der Waals surface area (Å²) < 4.78 is 41.5. The van der Waals surface area contributed by atoms with E-state index in [2.05, 4.69) is 12.6 Å². The molecule has 0 heterocycles. The molecule has 1 rings (SSSR count). The second kappa shape index (κ2) is 3.91. The van der Waals surface area contributed by atoms with Crippen molar-refractivity contribution in [3.8, 4) is 5.75 Å². The summed E-state index contributed by atoms with van der Waals surface area (Å²) in [5.41, 5.74) is -0.774. The fraction of sp³-hybridized carbons (Fsp3) is 0.250. The number of hydrogen-bond acceptors (Lipinski definition) is 2. The molecule has 0 bridgehead atoms. The summed E-state index contributed by atoms with van der Waals surface area (Å²) in [5, 5.41) is 0. The highest BCUT2D eigenvalue weighted by atomic mass is 32.1. The smallest absolute Gasteiger partial charge is 0.419 e. The molecule has 0 aliphatic rings. The van der Waals surface area contributed by atoms with Gasteiger partial charge >= 0.3 is 6.18 Å². The lowest BCUT2D eigenvalue weighted by Gasteiger charge is -2.11. The number of benzene rings is 1. The highest BCUT2D eigenvalue weighted by Crippen LogP contribution is 2.35. The van der Waals surface area contributed by atoms with E-state index in [1.54, 1.807) is 0 Å². The molecule has 72 valence electrons. The van der Waals surface area contributed by atoms with Crippen LogP contribution in [0.4, 0.5) is 13.2 Å². The molecular formula is C8H7F3OS. The quantitative estimate of drug-likeness (QED) is 0.580. The zero-order valence-corrected chi connectivity index (χ0v) is 7.40. The second-order valence-electron chi connectivity index (χ2n) is 2.27. The molecule has 0 aromatic heterocycles. The number of alkyl halides is 3. The molecule has 0 saturated heterocycles. The zero-order valence-electron chi connectivity index (χ0n) is 6.51. The van der Waals surface area contributed by atoms with Gasteiger partial charge < -0.3 is 4.74 Å². The Morgan fingerprint density at radius 2 is 1.85 bits per heavy atom. The van der Waals surface area contributed by atoms with Crippen LogP contribution >= 0.6 is 12.6 Å². The summed E-state index contributed by atoms with van der Waals surface area (Å²) in [4.78, 5) is 0. The summed E-state index contributed by atoms with van der Waals surface area (Å²) >= 11 is 3.69. The van der Waals surface area contributed by atoms with Gasteiger partial charge in [0.1, 0.15) is 11.7 Å². The fourth-order valence-corrected chi connectivity index (χ4v) is 1.04. The summed E-state index contributed by atoms with van der Waals surface area (Å²) in [6.07, 6.45) is -4.38. The van der Waals surface area contributed by atoms with E-state index in [0.717, 1.165) is 6.07 Å². The maximum absolute atomic E-state index is 12.3. The van der Waals surface area contributed by atoms with Crippen LogP contribution in [0, 0.1) is 0 Å². The molecule has 0 spiro atoms. The van der Waals surface area contributed by atoms with Gasteiger partial charge in [0.2, 0.25) is 0 Å². The lowest BCUT2D eigenvalue weighted by molar-refractivity contribution is -0.138. The largest absolute Gasteiger partial charge is 0.483 e. The van der Waals surface area contributed by atoms with Gasteiger partial charge in [-0.3, -0.25) is 0 Å². The van der Waals surface area contributed by atoms with Gasteiger partial charge in [-0.15, -0.1) is 12.6 Å². The first-order valence-corrected chi connectivity index (χ1v) is 4.09. The van der Waals surface area contributed by atoms with Crippen molar-refractivity contribution in [2.45, 2.75) is 6.18 Å². The molecule has 1 aromatic carbocycles. The van der Waals surface area contributed by atoms with Crippen LogP contribution in [0.15, 0.2) is 24.3 Å². The molecule has 0 aliphatic heterocycles. The minimum absolute atomic E-state index is 0.0763. The van der Waals surface area contributed by atoms with Crippen LogP contribution in [-0.2, 0) is 6.18 Å². The Morgan fingerprint density at radius 1 is 1.23 bits per heavy atom. The number of hydrogen-bond donors (Lipinski definition) is 1. The lowest BCUT2D eigenvalue weighted by atomic mass is 10.2. The molecule has 1 aromatic rings. The van der Waals surface area contributed by atoms with E-state index in [0.29, 0.717) is 0 Å². The van der Waals surface area contributed by atoms with Crippen LogP contribution in [0.3, 0.4) is 0 Å². The normalized spacial score (nSPS) is 11.4. The van der Waals surface area contributed by atoms with Crippen molar-refractivity contribution in [1.82, 2.24) is 0 Å². The first-order valence-electron chi connectivity index (χ1n) is 3.45. The van der Waals surface area contributed by atoms with E-state index < -0.39 is 11.7 Å². The van der Waals surface area contributed by atoms with Crippen molar-refractivity contribution >= 4 is 12.6 Å². The van der Waals surface area contributed by atoms with E-state index in [1.165, 1.54) is 18.2 Å². The number of halogens is 3. The highest BCUT2D eigenvalue weighted by Gasteiger charge is 2.33. The number of para-hydroxylation sites is 1. The Hall–Kier alpha value is -0.840. The van der Waals surface area contributed by atoms with Crippen molar-refractivity contribution < 1.29 is 17.9 Å². The second-order valence-corrected chi connectivity index (χ2v) is 2.53. The molecule has 0 saturated carbocycles. The Bertz CT molecular complexity index is 285. The first-order chi connectivity index (χ1) is 6.05. The molecule has 0 atom stereocenters. The summed E-state index contributed by atoms with van der Waals surface area (Å²) in [5.74, 6) is -0.266. The SMILES string of the molecule is FC(F)(F)c1ccccc1OCS. The monoisotopic (exact) mass is 208 g/mol.